The van der Waals surface area contributed by atoms with Crippen molar-refractivity contribution in [2.75, 3.05) is 0 Å². The second-order valence-electron chi connectivity index (χ2n) is 2.56. The third-order valence-corrected chi connectivity index (χ3v) is 1.70. The second kappa shape index (κ2) is 3.49. The van der Waals surface area contributed by atoms with Crippen molar-refractivity contribution >= 4 is 0 Å². The monoisotopic (exact) mass is 122 g/mol. The van der Waals surface area contributed by atoms with E-state index < -0.39 is 0 Å². The van der Waals surface area contributed by atoms with Gasteiger partial charge in [-0.05, 0) is 19.3 Å². The fourth-order valence-corrected chi connectivity index (χ4v) is 1.08. The van der Waals surface area contributed by atoms with Crippen molar-refractivity contribution in [2.24, 2.45) is 0 Å². The Labute approximate surface area is 57.3 Å². The molecule has 0 heteroatoms. The maximum absolute atomic E-state index is 2.25. The molecule has 0 N–H and O–H groups in total. The normalized spacial score (nSPS) is 16.3. The van der Waals surface area contributed by atoms with Gasteiger partial charge in [0.15, 0.2) is 0 Å². The van der Waals surface area contributed by atoms with Crippen molar-refractivity contribution < 1.29 is 0 Å². The first kappa shape index (κ1) is 6.60. The summed E-state index contributed by atoms with van der Waals surface area (Å²) in [5, 5.41) is 0. The van der Waals surface area contributed by atoms with Crippen LogP contribution in [0.25, 0.3) is 0 Å². The van der Waals surface area contributed by atoms with Crippen LogP contribution in [0.15, 0.2) is 23.8 Å². The van der Waals surface area contributed by atoms with Crippen LogP contribution in [0.4, 0.5) is 0 Å². The summed E-state index contributed by atoms with van der Waals surface area (Å²) in [6.45, 7) is 2.24. The van der Waals surface area contributed by atoms with Gasteiger partial charge in [0.25, 0.3) is 0 Å². The van der Waals surface area contributed by atoms with Crippen LogP contribution in [0.3, 0.4) is 0 Å². The third kappa shape index (κ3) is 2.05. The molecule has 0 aliphatic heterocycles. The molecule has 0 nitrogen and oxygen atoms in total. The Morgan fingerprint density at radius 3 is 3.00 bits per heavy atom. The third-order valence-electron chi connectivity index (χ3n) is 1.70. The summed E-state index contributed by atoms with van der Waals surface area (Å²) in [4.78, 5) is 0. The zero-order valence-corrected chi connectivity index (χ0v) is 6.06. The van der Waals surface area contributed by atoms with Crippen LogP contribution in [-0.2, 0) is 0 Å². The van der Waals surface area contributed by atoms with Crippen LogP contribution in [-0.4, -0.2) is 0 Å². The van der Waals surface area contributed by atoms with Crippen molar-refractivity contribution in [1.82, 2.24) is 0 Å². The van der Waals surface area contributed by atoms with Gasteiger partial charge < -0.3 is 0 Å². The Kier molecular flexibility index (Phi) is 2.56. The molecule has 0 saturated carbocycles. The van der Waals surface area contributed by atoms with E-state index in [1.807, 2.05) is 0 Å². The molecule has 0 spiro atoms. The summed E-state index contributed by atoms with van der Waals surface area (Å²) in [6.07, 6.45) is 11.8. The first-order chi connectivity index (χ1) is 4.43. The van der Waals surface area contributed by atoms with Gasteiger partial charge >= 0.3 is 0 Å². The number of hydrogen-bond donors (Lipinski definition) is 0. The predicted octanol–water partition coefficient (Wildman–Crippen LogP) is 3.06. The topological polar surface area (TPSA) is 0 Å². The number of hydrogen-bond acceptors (Lipinski definition) is 0. The Morgan fingerprint density at radius 1 is 1.56 bits per heavy atom. The molecule has 0 aromatic heterocycles. The highest BCUT2D eigenvalue weighted by Gasteiger charge is 1.96. The molecule has 0 unspecified atom stereocenters. The molecule has 0 aromatic rings. The van der Waals surface area contributed by atoms with Gasteiger partial charge in [0.05, 0.1) is 0 Å². The molecule has 0 fully saturated rings. The summed E-state index contributed by atoms with van der Waals surface area (Å²) in [6, 6.07) is 0. The first-order valence-electron chi connectivity index (χ1n) is 3.78. The molecule has 1 rings (SSSR count). The van der Waals surface area contributed by atoms with E-state index in [1.165, 1.54) is 25.7 Å². The summed E-state index contributed by atoms with van der Waals surface area (Å²) >= 11 is 0. The molecular weight excluding hydrogens is 108 g/mol. The van der Waals surface area contributed by atoms with Crippen molar-refractivity contribution in [3.05, 3.63) is 23.8 Å². The van der Waals surface area contributed by atoms with Gasteiger partial charge in [-0.2, -0.15) is 0 Å². The van der Waals surface area contributed by atoms with Gasteiger partial charge in [-0.15, -0.1) is 0 Å². The Morgan fingerprint density at radius 2 is 2.44 bits per heavy atom. The highest BCUT2D eigenvalue weighted by molar-refractivity contribution is 5.22. The van der Waals surface area contributed by atoms with Crippen LogP contribution in [0.1, 0.15) is 32.6 Å². The van der Waals surface area contributed by atoms with Crippen molar-refractivity contribution in [3.63, 3.8) is 0 Å². The smallest absolute Gasteiger partial charge is 0.0133 e. The predicted molar refractivity (Wildman–Crippen MR) is 41.4 cm³/mol. The van der Waals surface area contributed by atoms with Crippen molar-refractivity contribution in [2.45, 2.75) is 32.6 Å². The molecule has 50 valence electrons. The quantitative estimate of drug-likeness (QED) is 0.539. The van der Waals surface area contributed by atoms with E-state index in [-0.39, 0.29) is 0 Å². The maximum atomic E-state index is 2.25. The van der Waals surface area contributed by atoms with Crippen molar-refractivity contribution in [1.29, 1.82) is 0 Å². The Balaban J connectivity index is 2.14. The molecule has 9 heavy (non-hydrogen) atoms. The maximum Gasteiger partial charge on any atom is -0.0133 e. The lowest BCUT2D eigenvalue weighted by molar-refractivity contribution is 0.779. The lowest BCUT2D eigenvalue weighted by Gasteiger charge is -1.96. The summed E-state index contributed by atoms with van der Waals surface area (Å²) in [5.74, 6) is 0. The van der Waals surface area contributed by atoms with Crippen LogP contribution in [0.5, 0.6) is 0 Å². The van der Waals surface area contributed by atoms with E-state index >= 15 is 0 Å². The minimum atomic E-state index is 1.21. The van der Waals surface area contributed by atoms with Crippen LogP contribution in [0.2, 0.25) is 0 Å². The average Bonchev–Trinajstić information content (AvgIpc) is 2.34. The standard InChI is InChI=1S/C9H14/c1-2-3-6-9-7-4-5-8-9/h4-5,7H,2-3,6,8H2,1H3. The number of unbranched alkanes of at least 4 members (excludes halogenated alkanes) is 1. The van der Waals surface area contributed by atoms with Gasteiger partial charge in [0.1, 0.15) is 0 Å². The molecule has 0 radical (unpaired) electrons. The second-order valence-corrected chi connectivity index (χ2v) is 2.56. The van der Waals surface area contributed by atoms with Crippen LogP contribution >= 0.6 is 0 Å². The Hall–Kier alpha value is -0.520. The minimum absolute atomic E-state index is 1.21. The van der Waals surface area contributed by atoms with E-state index in [0.717, 1.165) is 0 Å². The van der Waals surface area contributed by atoms with E-state index in [9.17, 15) is 0 Å². The Bertz CT molecular complexity index is 129. The van der Waals surface area contributed by atoms with E-state index in [2.05, 4.69) is 25.2 Å². The van der Waals surface area contributed by atoms with Gasteiger partial charge in [-0.3, -0.25) is 0 Å². The van der Waals surface area contributed by atoms with Gasteiger partial charge in [0.2, 0.25) is 0 Å². The number of rotatable bonds is 3. The highest BCUT2D eigenvalue weighted by Crippen LogP contribution is 2.16. The van der Waals surface area contributed by atoms with Crippen molar-refractivity contribution in [3.8, 4) is 0 Å². The zero-order valence-electron chi connectivity index (χ0n) is 6.06. The highest BCUT2D eigenvalue weighted by atomic mass is 14.0. The van der Waals surface area contributed by atoms with E-state index in [4.69, 9.17) is 0 Å². The van der Waals surface area contributed by atoms with E-state index in [0.29, 0.717) is 0 Å². The molecule has 0 saturated heterocycles. The first-order valence-corrected chi connectivity index (χ1v) is 3.78. The molecule has 0 aromatic carbocycles. The van der Waals surface area contributed by atoms with Gasteiger partial charge in [0, 0.05) is 0 Å². The van der Waals surface area contributed by atoms with Crippen LogP contribution < -0.4 is 0 Å². The fourth-order valence-electron chi connectivity index (χ4n) is 1.08. The minimum Gasteiger partial charge on any atom is -0.0805 e. The number of allylic oxidation sites excluding steroid dienone is 4. The molecule has 0 amide bonds. The van der Waals surface area contributed by atoms with Gasteiger partial charge in [-0.1, -0.05) is 37.1 Å². The zero-order chi connectivity index (χ0) is 6.53. The summed E-state index contributed by atoms with van der Waals surface area (Å²) in [7, 11) is 0. The molecule has 1 aliphatic rings. The molecule has 0 bridgehead atoms. The lowest BCUT2D eigenvalue weighted by atomic mass is 10.1. The molecular formula is C9H14. The molecule has 0 atom stereocenters. The molecule has 1 aliphatic carbocycles. The molecule has 0 heterocycles. The SMILES string of the molecule is CCCCC1=CC=CC1. The average molecular weight is 122 g/mol. The summed E-state index contributed by atoms with van der Waals surface area (Å²) < 4.78 is 0. The summed E-state index contributed by atoms with van der Waals surface area (Å²) in [5.41, 5.74) is 1.61. The van der Waals surface area contributed by atoms with E-state index in [1.54, 1.807) is 5.57 Å². The van der Waals surface area contributed by atoms with Gasteiger partial charge in [-0.25, -0.2) is 0 Å². The van der Waals surface area contributed by atoms with Crippen LogP contribution in [0, 0.1) is 0 Å². The lowest BCUT2D eigenvalue weighted by Crippen LogP contribution is -1.77. The largest absolute Gasteiger partial charge is 0.0805 e. The fraction of sp³-hybridized carbons (Fsp3) is 0.556.